The summed E-state index contributed by atoms with van der Waals surface area (Å²) < 4.78 is 3.10. The summed E-state index contributed by atoms with van der Waals surface area (Å²) in [6, 6.07) is 12.0. The molecule has 30 heavy (non-hydrogen) atoms. The monoisotopic (exact) mass is 519 g/mol. The van der Waals surface area contributed by atoms with E-state index in [1.807, 2.05) is 47.2 Å². The van der Waals surface area contributed by atoms with E-state index in [9.17, 15) is 4.79 Å². The summed E-state index contributed by atoms with van der Waals surface area (Å²) in [7, 11) is 0. The van der Waals surface area contributed by atoms with E-state index in [-0.39, 0.29) is 11.7 Å². The van der Waals surface area contributed by atoms with Crippen molar-refractivity contribution in [3.63, 3.8) is 0 Å². The van der Waals surface area contributed by atoms with Crippen molar-refractivity contribution in [2.75, 3.05) is 11.1 Å². The normalized spacial score (nSPS) is 11.0. The number of nitrogens with one attached hydrogen (secondary N) is 1. The van der Waals surface area contributed by atoms with Gasteiger partial charge in [0.2, 0.25) is 5.91 Å². The minimum Gasteiger partial charge on any atom is -0.301 e. The van der Waals surface area contributed by atoms with Crippen LogP contribution in [0, 0.1) is 0 Å². The van der Waals surface area contributed by atoms with Gasteiger partial charge in [-0.25, -0.2) is 4.98 Å². The van der Waals surface area contributed by atoms with E-state index >= 15 is 0 Å². The number of hydrogen-bond donors (Lipinski definition) is 1. The molecule has 1 amide bonds. The lowest BCUT2D eigenvalue weighted by atomic mass is 10.2. The average molecular weight is 521 g/mol. The Morgan fingerprint density at radius 3 is 2.77 bits per heavy atom. The minimum absolute atomic E-state index is 0.111. The number of anilines is 1. The molecule has 3 heterocycles. The van der Waals surface area contributed by atoms with Crippen LogP contribution < -0.4 is 5.32 Å². The van der Waals surface area contributed by atoms with Crippen LogP contribution in [0.25, 0.3) is 22.0 Å². The van der Waals surface area contributed by atoms with Gasteiger partial charge in [-0.3, -0.25) is 4.79 Å². The molecule has 0 aliphatic carbocycles. The van der Waals surface area contributed by atoms with Gasteiger partial charge in [-0.15, -0.1) is 32.9 Å². The highest BCUT2D eigenvalue weighted by Crippen LogP contribution is 2.29. The molecule has 0 radical (unpaired) electrons. The number of nitrogens with zero attached hydrogens (tertiary/aromatic N) is 4. The molecule has 6 nitrogen and oxygen atoms in total. The number of aromatic nitrogens is 4. The summed E-state index contributed by atoms with van der Waals surface area (Å²) in [5.41, 5.74) is 1.86. The van der Waals surface area contributed by atoms with Crippen LogP contribution in [0.15, 0.2) is 56.8 Å². The zero-order valence-corrected chi connectivity index (χ0v) is 20.1. The predicted octanol–water partition coefficient (Wildman–Crippen LogP) is 6.03. The smallest absolute Gasteiger partial charge is 0.236 e. The summed E-state index contributed by atoms with van der Waals surface area (Å²) in [6.07, 6.45) is 0.966. The third-order valence-corrected chi connectivity index (χ3v) is 7.25. The molecule has 3 aromatic heterocycles. The Kier molecular flexibility index (Phi) is 6.98. The summed E-state index contributed by atoms with van der Waals surface area (Å²) >= 11 is 7.87. The highest BCUT2D eigenvalue weighted by molar-refractivity contribution is 9.10. The first-order valence-corrected chi connectivity index (χ1v) is 12.8. The van der Waals surface area contributed by atoms with E-state index < -0.39 is 0 Å². The zero-order chi connectivity index (χ0) is 20.9. The quantitative estimate of drug-likeness (QED) is 0.287. The summed E-state index contributed by atoms with van der Waals surface area (Å²) in [5, 5.41) is 16.8. The maximum Gasteiger partial charge on any atom is 0.236 e. The van der Waals surface area contributed by atoms with Crippen molar-refractivity contribution in [1.82, 2.24) is 19.7 Å². The van der Waals surface area contributed by atoms with Gasteiger partial charge in [-0.1, -0.05) is 52.8 Å². The number of thioether (sulfide) groups is 1. The van der Waals surface area contributed by atoms with Crippen molar-refractivity contribution >= 4 is 61.4 Å². The van der Waals surface area contributed by atoms with Gasteiger partial charge < -0.3 is 9.88 Å². The van der Waals surface area contributed by atoms with Gasteiger partial charge >= 0.3 is 0 Å². The van der Waals surface area contributed by atoms with Crippen LogP contribution in [-0.2, 0) is 11.3 Å². The second-order valence-corrected chi connectivity index (χ2v) is 9.98. The first-order valence-electron chi connectivity index (χ1n) is 9.25. The molecule has 1 N–H and O–H groups in total. The third kappa shape index (κ3) is 5.00. The number of carbonyl (C=O) groups excluding carboxylic acids is 1. The number of hydrogen-bond acceptors (Lipinski definition) is 7. The first kappa shape index (κ1) is 21.2. The van der Waals surface area contributed by atoms with E-state index in [0.29, 0.717) is 5.13 Å². The zero-order valence-electron chi connectivity index (χ0n) is 16.0. The second kappa shape index (κ2) is 9.86. The molecule has 4 rings (SSSR count). The van der Waals surface area contributed by atoms with Crippen molar-refractivity contribution in [2.24, 2.45) is 0 Å². The van der Waals surface area contributed by atoms with Gasteiger partial charge in [-0.2, -0.15) is 0 Å². The molecule has 1 aromatic carbocycles. The Hall–Kier alpha value is -2.01. The lowest BCUT2D eigenvalue weighted by molar-refractivity contribution is -0.113. The van der Waals surface area contributed by atoms with Gasteiger partial charge in [-0.05, 0) is 30.0 Å². The van der Waals surface area contributed by atoms with Crippen LogP contribution in [0.2, 0.25) is 0 Å². The molecule has 154 valence electrons. The Morgan fingerprint density at radius 1 is 1.20 bits per heavy atom. The lowest BCUT2D eigenvalue weighted by Crippen LogP contribution is -2.14. The fourth-order valence-corrected chi connectivity index (χ4v) is 5.26. The maximum absolute atomic E-state index is 12.5. The number of rotatable bonds is 8. The Balaban J connectivity index is 1.39. The molecule has 0 fully saturated rings. The number of thiophene rings is 1. The number of halogens is 1. The summed E-state index contributed by atoms with van der Waals surface area (Å²) in [6.45, 7) is 2.93. The molecule has 0 bridgehead atoms. The number of carbonyl (C=O) groups is 1. The van der Waals surface area contributed by atoms with Crippen molar-refractivity contribution in [3.8, 4) is 22.0 Å². The van der Waals surface area contributed by atoms with Crippen LogP contribution >= 0.6 is 50.4 Å². The SMILES string of the molecule is CCCn1c(SCC(=O)Nc2nc(-c3ccc(Br)cc3)cs2)nnc1-c1cccs1. The van der Waals surface area contributed by atoms with Gasteiger partial charge in [0.05, 0.1) is 16.3 Å². The minimum atomic E-state index is -0.111. The molecule has 10 heteroatoms. The molecule has 0 aliphatic rings. The molecular weight excluding hydrogens is 502 g/mol. The van der Waals surface area contributed by atoms with Gasteiger partial charge in [0.1, 0.15) is 0 Å². The Morgan fingerprint density at radius 2 is 2.03 bits per heavy atom. The number of amides is 1. The largest absolute Gasteiger partial charge is 0.301 e. The van der Waals surface area contributed by atoms with Gasteiger partial charge in [0.25, 0.3) is 0 Å². The highest BCUT2D eigenvalue weighted by atomic mass is 79.9. The summed E-state index contributed by atoms with van der Waals surface area (Å²) in [5.74, 6) is 0.994. The molecule has 0 unspecified atom stereocenters. The van der Waals surface area contributed by atoms with Crippen LogP contribution in [0.1, 0.15) is 13.3 Å². The maximum atomic E-state index is 12.5. The standard InChI is InChI=1S/C20H18BrN5OS3/c1-2-9-26-18(16-4-3-10-28-16)24-25-20(26)30-12-17(27)23-19-22-15(11-29-19)13-5-7-14(21)8-6-13/h3-8,10-11H,2,9,12H2,1H3,(H,22,23,27). The number of benzene rings is 1. The molecule has 0 saturated carbocycles. The van der Waals surface area contributed by atoms with E-state index in [4.69, 9.17) is 0 Å². The van der Waals surface area contributed by atoms with Gasteiger partial charge in [0.15, 0.2) is 16.1 Å². The van der Waals surface area contributed by atoms with E-state index in [2.05, 4.69) is 47.9 Å². The van der Waals surface area contributed by atoms with Crippen molar-refractivity contribution in [2.45, 2.75) is 25.0 Å². The number of thiazole rings is 1. The summed E-state index contributed by atoms with van der Waals surface area (Å²) in [4.78, 5) is 18.1. The van der Waals surface area contributed by atoms with Crippen molar-refractivity contribution < 1.29 is 4.79 Å². The van der Waals surface area contributed by atoms with Gasteiger partial charge in [0, 0.05) is 22.0 Å². The van der Waals surface area contributed by atoms with Crippen LogP contribution in [0.3, 0.4) is 0 Å². The van der Waals surface area contributed by atoms with E-state index in [1.54, 1.807) is 11.3 Å². The molecule has 0 saturated heterocycles. The fraction of sp³-hybridized carbons (Fsp3) is 0.200. The Labute approximate surface area is 194 Å². The highest BCUT2D eigenvalue weighted by Gasteiger charge is 2.16. The third-order valence-electron chi connectivity index (χ3n) is 4.13. The molecule has 0 atom stereocenters. The molecular formula is C20H18BrN5OS3. The van der Waals surface area contributed by atoms with Crippen molar-refractivity contribution in [1.29, 1.82) is 0 Å². The first-order chi connectivity index (χ1) is 14.6. The second-order valence-electron chi connectivity index (χ2n) is 6.32. The topological polar surface area (TPSA) is 72.7 Å². The van der Waals surface area contributed by atoms with Crippen LogP contribution in [0.4, 0.5) is 5.13 Å². The predicted molar refractivity (Wildman–Crippen MR) is 128 cm³/mol. The Bertz CT molecular complexity index is 1120. The molecule has 0 spiro atoms. The van der Waals surface area contributed by atoms with Crippen LogP contribution in [-0.4, -0.2) is 31.4 Å². The lowest BCUT2D eigenvalue weighted by Gasteiger charge is -2.07. The van der Waals surface area contributed by atoms with E-state index in [1.165, 1.54) is 23.1 Å². The molecule has 0 aliphatic heterocycles. The van der Waals surface area contributed by atoms with E-state index in [0.717, 1.165) is 44.6 Å². The average Bonchev–Trinajstić information content (AvgIpc) is 3.48. The fourth-order valence-electron chi connectivity index (χ4n) is 2.78. The van der Waals surface area contributed by atoms with Crippen LogP contribution in [0.5, 0.6) is 0 Å². The molecule has 4 aromatic rings. The van der Waals surface area contributed by atoms with Crippen molar-refractivity contribution in [3.05, 3.63) is 51.6 Å².